The first kappa shape index (κ1) is 20.1. The molecule has 0 unspecified atom stereocenters. The summed E-state index contributed by atoms with van der Waals surface area (Å²) in [5, 5.41) is 2.99. The number of sulfonamides is 1. The van der Waals surface area contributed by atoms with Gasteiger partial charge in [-0.05, 0) is 42.8 Å². The van der Waals surface area contributed by atoms with Crippen LogP contribution in [0.2, 0.25) is 0 Å². The van der Waals surface area contributed by atoms with Crippen molar-refractivity contribution in [2.45, 2.75) is 18.4 Å². The van der Waals surface area contributed by atoms with Crippen LogP contribution in [-0.4, -0.2) is 55.9 Å². The number of methoxy groups -OCH3 is 1. The monoisotopic (exact) mass is 433 g/mol. The molecule has 9 heteroatoms. The van der Waals surface area contributed by atoms with Crippen LogP contribution in [0, 0.1) is 6.92 Å². The zero-order valence-electron chi connectivity index (χ0n) is 16.4. The van der Waals surface area contributed by atoms with Crippen LogP contribution in [0.1, 0.15) is 10.6 Å². The Balaban J connectivity index is 1.38. The highest BCUT2D eigenvalue weighted by molar-refractivity contribution is 7.89. The van der Waals surface area contributed by atoms with E-state index in [1.54, 1.807) is 47.2 Å². The van der Waals surface area contributed by atoms with E-state index in [1.165, 1.54) is 0 Å². The Hall–Kier alpha value is -2.20. The molecular weight excluding hydrogens is 410 g/mol. The summed E-state index contributed by atoms with van der Waals surface area (Å²) in [4.78, 5) is 7.17. The maximum atomic E-state index is 13.0. The maximum absolute atomic E-state index is 13.0. The molecule has 0 N–H and O–H groups in total. The summed E-state index contributed by atoms with van der Waals surface area (Å²) >= 11 is 1.59. The molecule has 1 aromatic carbocycles. The van der Waals surface area contributed by atoms with E-state index < -0.39 is 10.0 Å². The minimum absolute atomic E-state index is 0.312. The molecule has 1 fully saturated rings. The number of piperazine rings is 1. The van der Waals surface area contributed by atoms with Gasteiger partial charge in [-0.2, -0.15) is 4.31 Å². The largest absolute Gasteiger partial charge is 0.496 e. The van der Waals surface area contributed by atoms with Crippen molar-refractivity contribution in [2.75, 3.05) is 33.3 Å². The summed E-state index contributed by atoms with van der Waals surface area (Å²) in [5.41, 5.74) is 1.65. The molecule has 0 aliphatic carbocycles. The second-order valence-corrected chi connectivity index (χ2v) is 9.80. The predicted octanol–water partition coefficient (Wildman–Crippen LogP) is 3.23. The Kier molecular flexibility index (Phi) is 5.73. The van der Waals surface area contributed by atoms with Gasteiger partial charge in [-0.15, -0.1) is 11.3 Å². The molecule has 29 heavy (non-hydrogen) atoms. The van der Waals surface area contributed by atoms with Crippen LogP contribution in [-0.2, 0) is 16.6 Å². The Labute approximate surface area is 174 Å². The first-order chi connectivity index (χ1) is 14.0. The first-order valence-corrected chi connectivity index (χ1v) is 11.6. The lowest BCUT2D eigenvalue weighted by molar-refractivity contribution is 0.181. The summed E-state index contributed by atoms with van der Waals surface area (Å²) in [6.45, 7) is 4.82. The molecule has 4 rings (SSSR count). The standard InChI is InChI=1S/C20H23N3O4S2/c1-15-12-16(5-6-18(15)26-2)29(24,25)23-9-7-22(8-10-23)13-20-21-17(14-28-20)19-4-3-11-27-19/h3-6,11-12,14H,7-10,13H2,1-2H3. The van der Waals surface area contributed by atoms with E-state index in [2.05, 4.69) is 9.88 Å². The molecule has 1 aliphatic heterocycles. The van der Waals surface area contributed by atoms with Crippen LogP contribution in [0.15, 0.2) is 51.3 Å². The average molecular weight is 434 g/mol. The van der Waals surface area contributed by atoms with Gasteiger partial charge in [0.05, 0.1) is 24.8 Å². The molecule has 1 saturated heterocycles. The van der Waals surface area contributed by atoms with Gasteiger partial charge in [-0.25, -0.2) is 13.4 Å². The summed E-state index contributed by atoms with van der Waals surface area (Å²) in [6, 6.07) is 8.73. The van der Waals surface area contributed by atoms with Crippen molar-refractivity contribution in [1.29, 1.82) is 0 Å². The molecule has 2 aromatic heterocycles. The highest BCUT2D eigenvalue weighted by Crippen LogP contribution is 2.26. The highest BCUT2D eigenvalue weighted by atomic mass is 32.2. The second-order valence-electron chi connectivity index (χ2n) is 6.92. The summed E-state index contributed by atoms with van der Waals surface area (Å²) < 4.78 is 38.1. The van der Waals surface area contributed by atoms with Crippen LogP contribution in [0.3, 0.4) is 0 Å². The molecule has 7 nitrogen and oxygen atoms in total. The SMILES string of the molecule is COc1ccc(S(=O)(=O)N2CCN(Cc3nc(-c4ccco4)cs3)CC2)cc1C. The number of thiazole rings is 1. The maximum Gasteiger partial charge on any atom is 0.243 e. The van der Waals surface area contributed by atoms with Crippen molar-refractivity contribution in [3.05, 3.63) is 52.5 Å². The number of furan rings is 1. The Morgan fingerprint density at radius 3 is 2.66 bits per heavy atom. The summed E-state index contributed by atoms with van der Waals surface area (Å²) in [6.07, 6.45) is 1.64. The fourth-order valence-corrected chi connectivity index (χ4v) is 5.73. The zero-order valence-corrected chi connectivity index (χ0v) is 18.0. The van der Waals surface area contributed by atoms with Gasteiger partial charge in [0.15, 0.2) is 5.76 Å². The van der Waals surface area contributed by atoms with Crippen molar-refractivity contribution in [1.82, 2.24) is 14.2 Å². The van der Waals surface area contributed by atoms with E-state index in [-0.39, 0.29) is 0 Å². The number of ether oxygens (including phenoxy) is 1. The van der Waals surface area contributed by atoms with Gasteiger partial charge in [0.2, 0.25) is 10.0 Å². The van der Waals surface area contributed by atoms with Gasteiger partial charge in [-0.1, -0.05) is 0 Å². The third-order valence-corrected chi connectivity index (χ3v) is 7.75. The lowest BCUT2D eigenvalue weighted by Gasteiger charge is -2.33. The molecular formula is C20H23N3O4S2. The first-order valence-electron chi connectivity index (χ1n) is 9.33. The predicted molar refractivity (Wildman–Crippen MR) is 112 cm³/mol. The van der Waals surface area contributed by atoms with Crippen molar-refractivity contribution in [2.24, 2.45) is 0 Å². The molecule has 0 saturated carbocycles. The van der Waals surface area contributed by atoms with Crippen molar-refractivity contribution in [3.8, 4) is 17.2 Å². The van der Waals surface area contributed by atoms with Crippen LogP contribution in [0.25, 0.3) is 11.5 Å². The smallest absolute Gasteiger partial charge is 0.243 e. The minimum Gasteiger partial charge on any atom is -0.496 e. The van der Waals surface area contributed by atoms with Gasteiger partial charge >= 0.3 is 0 Å². The number of benzene rings is 1. The van der Waals surface area contributed by atoms with Gasteiger partial charge in [-0.3, -0.25) is 4.90 Å². The van der Waals surface area contributed by atoms with Crippen LogP contribution in [0.4, 0.5) is 0 Å². The molecule has 0 atom stereocenters. The van der Waals surface area contributed by atoms with Crippen LogP contribution < -0.4 is 4.74 Å². The molecule has 154 valence electrons. The number of rotatable bonds is 6. The molecule has 0 bridgehead atoms. The number of hydrogen-bond acceptors (Lipinski definition) is 7. The Morgan fingerprint density at radius 2 is 2.00 bits per heavy atom. The molecule has 1 aliphatic rings. The number of aryl methyl sites for hydroxylation is 1. The topological polar surface area (TPSA) is 75.9 Å². The fourth-order valence-electron chi connectivity index (χ4n) is 3.40. The van der Waals surface area contributed by atoms with Crippen molar-refractivity contribution >= 4 is 21.4 Å². The molecule has 0 spiro atoms. The van der Waals surface area contributed by atoms with Gasteiger partial charge < -0.3 is 9.15 Å². The van der Waals surface area contributed by atoms with E-state index in [4.69, 9.17) is 9.15 Å². The van der Waals surface area contributed by atoms with E-state index >= 15 is 0 Å². The van der Waals surface area contributed by atoms with Gasteiger partial charge in [0.1, 0.15) is 16.5 Å². The zero-order chi connectivity index (χ0) is 20.4. The van der Waals surface area contributed by atoms with Crippen molar-refractivity contribution in [3.63, 3.8) is 0 Å². The minimum atomic E-state index is -3.51. The van der Waals surface area contributed by atoms with E-state index in [9.17, 15) is 8.42 Å². The number of nitrogens with zero attached hydrogens (tertiary/aromatic N) is 3. The molecule has 0 radical (unpaired) electrons. The Bertz CT molecular complexity index is 1070. The van der Waals surface area contributed by atoms with Crippen molar-refractivity contribution < 1.29 is 17.6 Å². The van der Waals surface area contributed by atoms with Gasteiger partial charge in [0.25, 0.3) is 0 Å². The summed E-state index contributed by atoms with van der Waals surface area (Å²) in [7, 11) is -1.93. The quantitative estimate of drug-likeness (QED) is 0.594. The Morgan fingerprint density at radius 1 is 1.21 bits per heavy atom. The third kappa shape index (κ3) is 4.23. The lowest BCUT2D eigenvalue weighted by Crippen LogP contribution is -2.48. The number of hydrogen-bond donors (Lipinski definition) is 0. The molecule has 3 aromatic rings. The average Bonchev–Trinajstić information content (AvgIpc) is 3.40. The van der Waals surface area contributed by atoms with E-state index in [1.807, 2.05) is 24.4 Å². The fraction of sp³-hybridized carbons (Fsp3) is 0.350. The summed E-state index contributed by atoms with van der Waals surface area (Å²) in [5.74, 6) is 1.45. The normalized spacial score (nSPS) is 16.2. The van der Waals surface area contributed by atoms with Gasteiger partial charge in [0, 0.05) is 31.6 Å². The second kappa shape index (κ2) is 8.27. The van der Waals surface area contributed by atoms with Crippen LogP contribution in [0.5, 0.6) is 5.75 Å². The van der Waals surface area contributed by atoms with E-state index in [0.717, 1.165) is 22.0 Å². The molecule has 3 heterocycles. The van der Waals surface area contributed by atoms with E-state index in [0.29, 0.717) is 43.4 Å². The highest BCUT2D eigenvalue weighted by Gasteiger charge is 2.29. The molecule has 0 amide bonds. The number of aromatic nitrogens is 1. The van der Waals surface area contributed by atoms with Crippen LogP contribution >= 0.6 is 11.3 Å². The lowest BCUT2D eigenvalue weighted by atomic mass is 10.2. The third-order valence-electron chi connectivity index (χ3n) is 5.02.